The van der Waals surface area contributed by atoms with Gasteiger partial charge < -0.3 is 34.5 Å². The minimum absolute atomic E-state index is 0.0115. The van der Waals surface area contributed by atoms with Crippen molar-refractivity contribution in [3.8, 4) is 29.8 Å². The molecule has 3 unspecified atom stereocenters. The first-order valence-electron chi connectivity index (χ1n) is 34.6. The Morgan fingerprint density at radius 2 is 0.713 bits per heavy atom. The zero-order valence-electron chi connectivity index (χ0n) is 64.8. The molecule has 3 atom stereocenters. The number of alkyl halides is 1. The molecule has 4 N–H and O–H groups in total. The molecule has 0 aliphatic rings. The van der Waals surface area contributed by atoms with E-state index in [0.717, 1.165) is 47.5 Å². The summed E-state index contributed by atoms with van der Waals surface area (Å²) in [5.74, 6) is -4.77. The van der Waals surface area contributed by atoms with Gasteiger partial charge in [0.25, 0.3) is 0 Å². The second-order valence-electron chi connectivity index (χ2n) is 24.5. The van der Waals surface area contributed by atoms with E-state index in [1.807, 2.05) is 13.0 Å². The maximum atomic E-state index is 13.5. The van der Waals surface area contributed by atoms with Crippen LogP contribution in [0.1, 0.15) is 101 Å². The molecular formula is C81H49BBr8Cl10F8N12O9. The van der Waals surface area contributed by atoms with Crippen LogP contribution in [0.15, 0.2) is 189 Å². The van der Waals surface area contributed by atoms with Gasteiger partial charge in [0.15, 0.2) is 10.3 Å². The fourth-order valence-corrected chi connectivity index (χ4v) is 14.8. The first-order valence-corrected chi connectivity index (χ1v) is 45.1. The van der Waals surface area contributed by atoms with Crippen LogP contribution in [0.25, 0.3) is 0 Å². The highest BCUT2D eigenvalue weighted by molar-refractivity contribution is 9.11. The lowest BCUT2D eigenvalue weighted by Gasteiger charge is -2.14. The molecule has 5 aromatic heterocycles. The quantitative estimate of drug-likeness (QED) is 0.0230. The highest BCUT2D eigenvalue weighted by atomic mass is 79.9. The number of ketones is 2. The Labute approximate surface area is 846 Å². The molecule has 672 valence electrons. The molecule has 8 aromatic carbocycles. The standard InChI is InChI=1S/C12H11BClFN2O4.C12H5BrCl2FN3.C12H9BrClFN2O2.C12H7BrClFN2O2.C11H4BrCl2FN2O.C8H4BrClFN.C7H4Br2ClF.C7H5BrClF/c1-21-11-3-2-10(16-17-11)12(18)6-4-7(13(19)20)9(15)5-8(6)14;13-8-3-6(9(14)4-10(8)16)7(5-17)11-1-2-12(15)19-18-11;2*1-19-11-3-2-10(16-17-11)12(18)6-4-7(13)9(15)5-8(6)14;12-6-3-5(7(13)4-8(6)15)11(18)9-1-2-10(14)17-16-9;9-6-3-5(1-2-12)7(10)4-8(6)11;8-3-4-1-5(9)7(11)2-6(4)10;1-4-2-5(8)7(10)3-6(4)9/h2-5,12,18-20H,1H3;1-4,7H;2-5,12,18H,1H3;2-5H,1H3;1-4H;3-4H,1H2;1-2H,3H2;2-3H,1H3. The average molecular weight is 2490 g/mol. The van der Waals surface area contributed by atoms with Crippen LogP contribution in [-0.2, 0) is 11.8 Å². The molecule has 0 radical (unpaired) electrons. The number of aromatic nitrogens is 10. The predicted octanol–water partition coefficient (Wildman–Crippen LogP) is 25.7. The van der Waals surface area contributed by atoms with Crippen LogP contribution in [-0.4, -0.2) is 111 Å². The first kappa shape index (κ1) is 111. The lowest BCUT2D eigenvalue weighted by Crippen LogP contribution is -2.33. The van der Waals surface area contributed by atoms with E-state index in [0.29, 0.717) is 68.6 Å². The van der Waals surface area contributed by atoms with Gasteiger partial charge in [-0.05, 0) is 274 Å². The van der Waals surface area contributed by atoms with Gasteiger partial charge in [-0.3, -0.25) is 9.59 Å². The molecule has 0 aliphatic carbocycles. The van der Waals surface area contributed by atoms with E-state index >= 15 is 0 Å². The van der Waals surface area contributed by atoms with Gasteiger partial charge in [-0.25, -0.2) is 35.1 Å². The zero-order valence-corrected chi connectivity index (χ0v) is 85.0. The number of aryl methyl sites for hydroxylation is 1. The third-order valence-corrected chi connectivity index (χ3v) is 24.0. The molecule has 0 amide bonds. The molecule has 0 spiro atoms. The first-order chi connectivity index (χ1) is 60.9. The Kier molecular flexibility index (Phi) is 46.1. The van der Waals surface area contributed by atoms with Crippen molar-refractivity contribution in [1.82, 2.24) is 51.0 Å². The Bertz CT molecular complexity index is 6180. The summed E-state index contributed by atoms with van der Waals surface area (Å²) in [5.41, 5.74) is 4.18. The van der Waals surface area contributed by atoms with Crippen molar-refractivity contribution in [3.05, 3.63) is 359 Å². The number of nitrogens with zero attached hydrogens (tertiary/aromatic N) is 12. The van der Waals surface area contributed by atoms with Crippen molar-refractivity contribution in [2.75, 3.05) is 21.3 Å². The van der Waals surface area contributed by atoms with E-state index < -0.39 is 77.2 Å². The number of aliphatic hydroxyl groups excluding tert-OH is 2. The number of rotatable bonds is 16. The van der Waals surface area contributed by atoms with Gasteiger partial charge in [0.05, 0.1) is 98.3 Å². The summed E-state index contributed by atoms with van der Waals surface area (Å²) in [4.78, 5) is 24.2. The number of nitriles is 2. The highest BCUT2D eigenvalue weighted by Crippen LogP contribution is 2.37. The minimum atomic E-state index is -2.02. The predicted molar refractivity (Wildman–Crippen MR) is 504 cm³/mol. The summed E-state index contributed by atoms with van der Waals surface area (Å²) in [6.07, 6.45) is -2.20. The lowest BCUT2D eigenvalue weighted by atomic mass is 9.78. The van der Waals surface area contributed by atoms with Crippen molar-refractivity contribution < 1.29 is 79.2 Å². The third kappa shape index (κ3) is 32.9. The summed E-state index contributed by atoms with van der Waals surface area (Å²) in [7, 11) is 2.31. The maximum absolute atomic E-state index is 13.5. The summed E-state index contributed by atoms with van der Waals surface area (Å²) in [6, 6.07) is 39.5. The Morgan fingerprint density at radius 3 is 1.09 bits per heavy atom. The van der Waals surface area contributed by atoms with Crippen molar-refractivity contribution in [1.29, 1.82) is 10.5 Å². The molecule has 0 saturated heterocycles. The largest absolute Gasteiger partial charge is 0.491 e. The van der Waals surface area contributed by atoms with E-state index in [2.05, 4.69) is 184 Å². The molecule has 0 bridgehead atoms. The Hall–Kier alpha value is -7.04. The summed E-state index contributed by atoms with van der Waals surface area (Å²) < 4.78 is 121. The fourth-order valence-electron chi connectivity index (χ4n) is 9.49. The molecule has 0 aliphatic heterocycles. The Balaban J connectivity index is 0.000000230. The van der Waals surface area contributed by atoms with Crippen LogP contribution in [0.3, 0.4) is 0 Å². The van der Waals surface area contributed by atoms with E-state index in [4.69, 9.17) is 146 Å². The van der Waals surface area contributed by atoms with Gasteiger partial charge in [0.1, 0.15) is 76.1 Å². The molecule has 0 fully saturated rings. The van der Waals surface area contributed by atoms with Crippen LogP contribution in [0, 0.1) is 76.1 Å². The second kappa shape index (κ2) is 53.8. The number of carbonyl (C=O) groups excluding carboxylic acids is 2. The van der Waals surface area contributed by atoms with Gasteiger partial charge in [-0.15, -0.1) is 45.9 Å². The molecule has 129 heavy (non-hydrogen) atoms. The number of ether oxygens (including phenoxy) is 3. The third-order valence-electron chi connectivity index (χ3n) is 16.0. The molecule has 48 heteroatoms. The molecule has 13 aromatic rings. The number of hydrogen-bond donors (Lipinski definition) is 4. The monoisotopic (exact) mass is 2480 g/mol. The number of halogens is 26. The average Bonchev–Trinajstić information content (AvgIpc) is 0.802. The highest BCUT2D eigenvalue weighted by Gasteiger charge is 2.27. The molecule has 5 heterocycles. The van der Waals surface area contributed by atoms with Crippen molar-refractivity contribution >= 4 is 268 Å². The number of aliphatic hydroxyl groups is 2. The molecule has 0 saturated carbocycles. The van der Waals surface area contributed by atoms with Gasteiger partial charge in [0.2, 0.25) is 29.2 Å². The zero-order chi connectivity index (χ0) is 96.1. The number of methoxy groups -OCH3 is 3. The Morgan fingerprint density at radius 1 is 0.388 bits per heavy atom. The van der Waals surface area contributed by atoms with Crippen LogP contribution >= 0.6 is 243 Å². The fraction of sp³-hybridized carbons (Fsp3) is 0.111. The van der Waals surface area contributed by atoms with Crippen molar-refractivity contribution in [2.24, 2.45) is 0 Å². The van der Waals surface area contributed by atoms with Crippen LogP contribution in [0.4, 0.5) is 35.1 Å². The summed E-state index contributed by atoms with van der Waals surface area (Å²) >= 11 is 82.1. The van der Waals surface area contributed by atoms with Gasteiger partial charge in [-0.2, -0.15) is 15.6 Å². The number of hydrogen-bond acceptors (Lipinski definition) is 21. The van der Waals surface area contributed by atoms with E-state index in [1.165, 1.54) is 112 Å². The number of benzene rings is 8. The maximum Gasteiger partial charge on any atom is 0.491 e. The smallest absolute Gasteiger partial charge is 0.480 e. The molecule has 21 nitrogen and oxygen atoms in total. The van der Waals surface area contributed by atoms with Crippen LogP contribution < -0.4 is 19.7 Å². The topological polar surface area (TPSA) is 319 Å². The van der Waals surface area contributed by atoms with Gasteiger partial charge >= 0.3 is 7.12 Å². The minimum Gasteiger partial charge on any atom is -0.480 e. The van der Waals surface area contributed by atoms with Crippen LogP contribution in [0.5, 0.6) is 17.6 Å². The van der Waals surface area contributed by atoms with E-state index in [-0.39, 0.29) is 116 Å². The summed E-state index contributed by atoms with van der Waals surface area (Å²) in [5, 5.41) is 95.9. The van der Waals surface area contributed by atoms with Gasteiger partial charge in [0, 0.05) is 81.4 Å². The van der Waals surface area contributed by atoms with Crippen LogP contribution in [0.2, 0.25) is 50.5 Å². The summed E-state index contributed by atoms with van der Waals surface area (Å²) in [6.45, 7) is 1.83. The second-order valence-corrected chi connectivity index (χ2v) is 35.1. The molecule has 13 rings (SSSR count). The van der Waals surface area contributed by atoms with E-state index in [9.17, 15) is 60.2 Å². The van der Waals surface area contributed by atoms with Crippen molar-refractivity contribution in [3.63, 3.8) is 0 Å². The normalized spacial score (nSPS) is 11.0. The SMILES string of the molecule is COc1ccc(C(=O)c2cc(Br)c(F)cc2Cl)nn1.COc1ccc(C(O)c2cc(B(O)O)c(F)cc2Cl)nn1.COc1ccc(C(O)c2cc(Br)c(F)cc2Cl)nn1.Cc1cc(Br)c(F)cc1Cl.Fc1cc(Cl)c(CBr)cc1Br.N#CC(c1ccc(Cl)nn1)c1cc(Br)c(F)cc1Cl.N#CCc1cc(Br)c(F)cc1Cl.O=C(c1ccc(Cl)nn1)c1cc(Br)c(F)cc1Cl. The van der Waals surface area contributed by atoms with Crippen molar-refractivity contribution in [2.45, 2.75) is 36.8 Å². The molecular weight excluding hydrogens is 2440 g/mol. The van der Waals surface area contributed by atoms with E-state index in [1.54, 1.807) is 30.3 Å². The van der Waals surface area contributed by atoms with Gasteiger partial charge in [-0.1, -0.05) is 138 Å². The number of carbonyl (C=O) groups is 2. The lowest BCUT2D eigenvalue weighted by molar-refractivity contribution is 0.102.